The monoisotopic (exact) mass is 2040 g/mol. The van der Waals surface area contributed by atoms with Crippen molar-refractivity contribution in [1.82, 2.24) is 31.5 Å². The van der Waals surface area contributed by atoms with Gasteiger partial charge in [0.15, 0.2) is 30.4 Å². The minimum Gasteiger partial charge on any atom is -0.447 e. The maximum atomic E-state index is 10.3. The lowest BCUT2D eigenvalue weighted by Crippen LogP contribution is -2.38. The quantitative estimate of drug-likeness (QED) is 0.0340. The van der Waals surface area contributed by atoms with E-state index in [1.807, 2.05) is 76.2 Å². The van der Waals surface area contributed by atoms with Gasteiger partial charge >= 0.3 is 24.4 Å². The standard InChI is InChI=1S/C9H18O.2C8H16O4.2C8H16O2.C8H16O.2C7H15NO.2C7H14O2.C6H12O4.4C5H9NO2/c1-2-3-8-4-6-9(10)7-5-8;2*1-3-4-5-6(9)7(10)8(11-2)12-5;2*1-4-5-7-6-9-8(2,3)10-7;2*1-2-3-8-4-6-9-7-5-8;3*1-2-3-7-6-8-4-5-9-7;1-2-3-4(7)5(8)6(9)10-3;2*1-2-4-3-8-5(7)6-4;2*1-2-4-3-6-5(7)8-4/h8-10H,2-7H2,1H3;2*5-10H,3-4H2,1-2H3;2*7H,4-6H2,1-3H3;8H,2-7H2,1H3;2-7H2,1H3;7-8H,2-6H2,1H3;2*7H,2-6H2,1H3;3-9H,2H2,1H3;4*4H,2-3H2,1H3,(H,6,7)/t;2*5?,6-,7-,8?;2*7-;;;;2*7-;3-,4-,5-,6+;3*4-;/m.1010...101100./s1. The Bertz CT molecular complexity index is 2630. The van der Waals surface area contributed by atoms with Gasteiger partial charge in [-0.05, 0) is 168 Å². The van der Waals surface area contributed by atoms with Gasteiger partial charge in [0.25, 0.3) is 0 Å². The van der Waals surface area contributed by atoms with E-state index in [1.54, 1.807) is 0 Å². The summed E-state index contributed by atoms with van der Waals surface area (Å²) >= 11 is 0. The first-order valence-electron chi connectivity index (χ1n) is 54.1. The molecule has 0 radical (unpaired) electrons. The van der Waals surface area contributed by atoms with E-state index in [0.717, 1.165) is 214 Å². The third-order valence-electron chi connectivity index (χ3n) is 25.0. The van der Waals surface area contributed by atoms with E-state index in [9.17, 15) is 44.7 Å². The number of morpholine rings is 2. The predicted octanol–water partition coefficient (Wildman–Crippen LogP) is 12.9. The molecule has 14 saturated heterocycles. The summed E-state index contributed by atoms with van der Waals surface area (Å²) in [6.45, 7) is 58.3. The number of carbonyl (C=O) groups is 4. The number of alkyl carbamates (subject to hydrolysis) is 4. The Hall–Kier alpha value is -3.96. The summed E-state index contributed by atoms with van der Waals surface area (Å²) in [5.41, 5.74) is 0. The number of hydrogen-bond donors (Lipinski definition) is 13. The first-order chi connectivity index (χ1) is 67.6. The summed E-state index contributed by atoms with van der Waals surface area (Å²) in [4.78, 5) is 43.6. The van der Waals surface area contributed by atoms with E-state index in [2.05, 4.69) is 96.3 Å². The molecule has 0 spiro atoms. The molecule has 38 nitrogen and oxygen atoms in total. The van der Waals surface area contributed by atoms with Gasteiger partial charge in [-0.25, -0.2) is 19.2 Å². The zero-order chi connectivity index (χ0) is 105. The molecule has 15 rings (SSSR count). The van der Waals surface area contributed by atoms with Crippen molar-refractivity contribution in [3.05, 3.63) is 0 Å². The molecule has 15 aliphatic rings. The number of nitrogens with zero attached hydrogens (tertiary/aromatic N) is 1. The van der Waals surface area contributed by atoms with Gasteiger partial charge < -0.3 is 162 Å². The normalized spacial score (nSPS) is 31.8. The highest BCUT2D eigenvalue weighted by Crippen LogP contribution is 2.31. The molecule has 14 heterocycles. The summed E-state index contributed by atoms with van der Waals surface area (Å²) in [6, 6.07) is 0.505. The molecule has 0 bridgehead atoms. The fourth-order valence-electron chi connectivity index (χ4n) is 16.6. The first-order valence-corrected chi connectivity index (χ1v) is 54.1. The van der Waals surface area contributed by atoms with Crippen LogP contribution in [0.2, 0.25) is 0 Å². The average molecular weight is 2040 g/mol. The van der Waals surface area contributed by atoms with Crippen molar-refractivity contribution in [2.45, 2.75) is 470 Å². The van der Waals surface area contributed by atoms with Crippen LogP contribution in [0.25, 0.3) is 0 Å². The molecular weight excluding hydrogens is 1830 g/mol. The molecule has 1 saturated carbocycles. The van der Waals surface area contributed by atoms with E-state index in [4.69, 9.17) is 101 Å². The Morgan fingerprint density at radius 3 is 1.01 bits per heavy atom. The molecule has 15 fully saturated rings. The van der Waals surface area contributed by atoms with Crippen molar-refractivity contribution in [2.75, 3.05) is 159 Å². The van der Waals surface area contributed by atoms with Crippen LogP contribution in [0, 0.1) is 11.8 Å². The van der Waals surface area contributed by atoms with Crippen LogP contribution in [0.3, 0.4) is 0 Å². The Morgan fingerprint density at radius 1 is 0.348 bits per heavy atom. The molecule has 13 N–H and O–H groups in total. The lowest BCUT2D eigenvalue weighted by Gasteiger charge is -2.25. The third-order valence-corrected chi connectivity index (χ3v) is 25.0. The van der Waals surface area contributed by atoms with Crippen LogP contribution in [0.4, 0.5) is 19.2 Å². The van der Waals surface area contributed by atoms with Crippen LogP contribution in [0.1, 0.15) is 324 Å². The number of nitrogens with one attached hydrogen (secondary N) is 5. The number of rotatable bonds is 27. The van der Waals surface area contributed by atoms with Gasteiger partial charge in [-0.1, -0.05) is 174 Å². The second-order valence-corrected chi connectivity index (χ2v) is 38.3. The largest absolute Gasteiger partial charge is 0.447 e. The summed E-state index contributed by atoms with van der Waals surface area (Å²) in [7, 11) is 2.91. The van der Waals surface area contributed by atoms with Crippen LogP contribution in [0.5, 0.6) is 0 Å². The zero-order valence-corrected chi connectivity index (χ0v) is 90.9. The first kappa shape index (κ1) is 135. The number of hydrogen-bond acceptors (Lipinski definition) is 34. The molecular formula is C103H204N6O32. The molecule has 38 heteroatoms. The Labute approximate surface area is 848 Å². The fourth-order valence-corrected chi connectivity index (χ4v) is 16.6. The topological polar surface area (TPSA) is 478 Å². The SMILES string of the molecule is CCC1CNC(=O)O1.CCCC1CCC(O)CC1.CCCC1CCOCC1.CCCC1CNCCO1.CCCC1OC(OC)[C@@H](O)[C@H]1O.CCCC1OC(OC)[C@H](O)[C@@H]1O.CCCN1CCOCC1.CCC[C@@H]1COC(C)(C)O1.CCC[C@@H]1COCCO1.CCC[C@H]1COC(C)(C)O1.CCC[C@H]1COCCO1.CC[C@@H]1COC(=O)N1.CC[C@H]1CNC(=O)O1.CC[C@H]1COC(=O)N1.CC[C@H]1O[C@H](O)[C@H](O)[C@@H]1O. The highest BCUT2D eigenvalue weighted by Gasteiger charge is 2.44. The van der Waals surface area contributed by atoms with Crippen LogP contribution < -0.4 is 26.6 Å². The number of aliphatic hydroxyl groups is 8. The molecule has 0 aromatic carbocycles. The number of carbonyl (C=O) groups excluding carboxylic acids is 4. The Kier molecular flexibility index (Phi) is 80.3. The molecule has 0 aromatic heterocycles. The minimum absolute atomic E-state index is 0.0214. The smallest absolute Gasteiger partial charge is 0.407 e. The van der Waals surface area contributed by atoms with Crippen LogP contribution in [-0.4, -0.2) is 376 Å². The van der Waals surface area contributed by atoms with Crippen molar-refractivity contribution in [3.8, 4) is 0 Å². The number of aliphatic hydroxyl groups excluding tert-OH is 8. The third kappa shape index (κ3) is 63.6. The van der Waals surface area contributed by atoms with E-state index >= 15 is 0 Å². The van der Waals surface area contributed by atoms with Crippen LogP contribution in [0.15, 0.2) is 0 Å². The lowest BCUT2D eigenvalue weighted by molar-refractivity contribution is -0.149. The summed E-state index contributed by atoms with van der Waals surface area (Å²) < 4.78 is 103. The van der Waals surface area contributed by atoms with E-state index in [1.165, 1.54) is 117 Å². The number of cyclic esters (lactones) is 4. The van der Waals surface area contributed by atoms with Crippen LogP contribution >= 0.6 is 0 Å². The highest BCUT2D eigenvalue weighted by molar-refractivity contribution is 5.70. The van der Waals surface area contributed by atoms with Crippen molar-refractivity contribution in [1.29, 1.82) is 0 Å². The van der Waals surface area contributed by atoms with Crippen molar-refractivity contribution >= 4 is 24.4 Å². The molecule has 1 aliphatic carbocycles. The summed E-state index contributed by atoms with van der Waals surface area (Å²) in [5, 5.41) is 87.3. The van der Waals surface area contributed by atoms with Crippen LogP contribution in [-0.2, 0) is 94.7 Å². The average Bonchev–Trinajstić information content (AvgIpc) is 1.70. The second-order valence-electron chi connectivity index (χ2n) is 38.3. The van der Waals surface area contributed by atoms with E-state index in [-0.39, 0.29) is 78.6 Å². The predicted molar refractivity (Wildman–Crippen MR) is 540 cm³/mol. The highest BCUT2D eigenvalue weighted by atomic mass is 16.8. The summed E-state index contributed by atoms with van der Waals surface area (Å²) in [6.07, 6.45) is 25.1. The maximum absolute atomic E-state index is 10.3. The summed E-state index contributed by atoms with van der Waals surface area (Å²) in [5.74, 6) is 1.23. The van der Waals surface area contributed by atoms with E-state index in [0.29, 0.717) is 63.2 Å². The molecule has 6 unspecified atom stereocenters. The number of ether oxygens (including phenoxy) is 20. The molecule has 838 valence electrons. The van der Waals surface area contributed by atoms with Crippen molar-refractivity contribution < 1.29 is 155 Å². The minimum atomic E-state index is -1.22. The molecule has 141 heavy (non-hydrogen) atoms. The molecule has 21 atom stereocenters. The van der Waals surface area contributed by atoms with Gasteiger partial charge in [-0.15, -0.1) is 0 Å². The zero-order valence-electron chi connectivity index (χ0n) is 90.9. The molecule has 14 aliphatic heterocycles. The van der Waals surface area contributed by atoms with Gasteiger partial charge in [-0.2, -0.15) is 0 Å². The van der Waals surface area contributed by atoms with Gasteiger partial charge in [0.1, 0.15) is 62.0 Å². The fraction of sp³-hybridized carbons (Fsp3) is 0.961. The number of amides is 4. The van der Waals surface area contributed by atoms with Crippen molar-refractivity contribution in [2.24, 2.45) is 11.8 Å². The maximum Gasteiger partial charge on any atom is 0.407 e. The van der Waals surface area contributed by atoms with E-state index < -0.39 is 61.6 Å². The second kappa shape index (κ2) is 83.8. The lowest BCUT2D eigenvalue weighted by atomic mass is 9.85. The Morgan fingerprint density at radius 2 is 0.738 bits per heavy atom. The van der Waals surface area contributed by atoms with Gasteiger partial charge in [0, 0.05) is 53.6 Å². The molecule has 4 amide bonds. The van der Waals surface area contributed by atoms with Gasteiger partial charge in [-0.3, -0.25) is 4.90 Å². The van der Waals surface area contributed by atoms with Crippen molar-refractivity contribution in [3.63, 3.8) is 0 Å². The Balaban J connectivity index is 0.000000756. The van der Waals surface area contributed by atoms with Gasteiger partial charge in [0.2, 0.25) is 0 Å². The van der Waals surface area contributed by atoms with Gasteiger partial charge in [0.05, 0.1) is 153 Å². The number of methoxy groups -OCH3 is 2. The molecule has 0 aromatic rings.